The molecule has 0 spiro atoms. The highest BCUT2D eigenvalue weighted by Gasteiger charge is 1.96. The van der Waals surface area contributed by atoms with Gasteiger partial charge in [0.1, 0.15) is 3.53 Å². The van der Waals surface area contributed by atoms with Crippen LogP contribution in [0.5, 0.6) is 0 Å². The molecule has 0 fully saturated rings. The Hall–Kier alpha value is 0.680. The van der Waals surface area contributed by atoms with Gasteiger partial charge in [0.05, 0.1) is 4.99 Å². The highest BCUT2D eigenvalue weighted by atomic mass is 32.2. The Morgan fingerprint density at radius 2 is 2.00 bits per heavy atom. The van der Waals surface area contributed by atoms with E-state index >= 15 is 0 Å². The summed E-state index contributed by atoms with van der Waals surface area (Å²) in [4.78, 5) is 0.518. The summed E-state index contributed by atoms with van der Waals surface area (Å²) in [5.41, 5.74) is 5.28. The van der Waals surface area contributed by atoms with E-state index in [0.717, 1.165) is 9.28 Å². The second-order valence-electron chi connectivity index (χ2n) is 1.44. The monoisotopic (exact) mass is 211 g/mol. The molecule has 0 saturated carbocycles. The minimum Gasteiger partial charge on any atom is -0.393 e. The van der Waals surface area contributed by atoms with Gasteiger partial charge in [0.2, 0.25) is 0 Å². The molecular formula is C5H9NS4. The Balaban J connectivity index is 3.30. The van der Waals surface area contributed by atoms with Crippen molar-refractivity contribution in [2.24, 2.45) is 5.73 Å². The Morgan fingerprint density at radius 1 is 1.40 bits per heavy atom. The highest BCUT2D eigenvalue weighted by molar-refractivity contribution is 8.47. The molecule has 0 aromatic carbocycles. The average Bonchev–Trinajstić information content (AvgIpc) is 1.85. The summed E-state index contributed by atoms with van der Waals surface area (Å²) in [7, 11) is 0. The molecule has 0 aliphatic rings. The summed E-state index contributed by atoms with van der Waals surface area (Å²) in [6.07, 6.45) is 0. The molecule has 0 amide bonds. The van der Waals surface area contributed by atoms with E-state index in [1.165, 1.54) is 11.8 Å². The summed E-state index contributed by atoms with van der Waals surface area (Å²) in [6.45, 7) is 2.07. The molecule has 58 valence electrons. The van der Waals surface area contributed by atoms with E-state index in [0.29, 0.717) is 10.7 Å². The molecule has 0 aromatic heterocycles. The van der Waals surface area contributed by atoms with Crippen LogP contribution in [0.3, 0.4) is 0 Å². The van der Waals surface area contributed by atoms with Crippen molar-refractivity contribution in [1.82, 2.24) is 0 Å². The first kappa shape index (κ1) is 10.7. The molecule has 0 aromatic rings. The van der Waals surface area contributed by atoms with Gasteiger partial charge in [-0.25, -0.2) is 0 Å². The van der Waals surface area contributed by atoms with Crippen molar-refractivity contribution in [3.8, 4) is 0 Å². The maximum Gasteiger partial charge on any atom is 0.104 e. The van der Waals surface area contributed by atoms with E-state index < -0.39 is 0 Å². The number of hydrogen-bond donors (Lipinski definition) is 1. The molecule has 0 atom stereocenters. The van der Waals surface area contributed by atoms with Crippen LogP contribution in [0, 0.1) is 0 Å². The van der Waals surface area contributed by atoms with Crippen molar-refractivity contribution in [3.63, 3.8) is 0 Å². The first-order valence-electron chi connectivity index (χ1n) is 2.74. The molecule has 10 heavy (non-hydrogen) atoms. The van der Waals surface area contributed by atoms with Crippen molar-refractivity contribution in [2.45, 2.75) is 6.92 Å². The maximum absolute atomic E-state index is 5.28. The number of nitrogens with two attached hydrogens (primary N) is 1. The molecule has 0 aliphatic carbocycles. The van der Waals surface area contributed by atoms with Gasteiger partial charge in [-0.3, -0.25) is 0 Å². The third-order valence-electron chi connectivity index (χ3n) is 0.594. The topological polar surface area (TPSA) is 26.0 Å². The Kier molecular flexibility index (Phi) is 6.83. The van der Waals surface area contributed by atoms with E-state index in [4.69, 9.17) is 18.0 Å². The van der Waals surface area contributed by atoms with Crippen LogP contribution in [0.15, 0.2) is 0 Å². The number of hydrogen-bond acceptors (Lipinski definition) is 4. The molecule has 5 heteroatoms. The fourth-order valence-corrected chi connectivity index (χ4v) is 2.36. The summed E-state index contributed by atoms with van der Waals surface area (Å²) < 4.78 is 0.926. The van der Waals surface area contributed by atoms with Crippen LogP contribution < -0.4 is 5.73 Å². The predicted molar refractivity (Wildman–Crippen MR) is 60.0 cm³/mol. The SMILES string of the molecule is CCSC(=S)SCC(N)=S. The first-order chi connectivity index (χ1) is 4.66. The second-order valence-corrected chi connectivity index (χ2v) is 5.41. The minimum absolute atomic E-state index is 0.518. The van der Waals surface area contributed by atoms with Gasteiger partial charge >= 0.3 is 0 Å². The third kappa shape index (κ3) is 6.80. The normalized spacial score (nSPS) is 9.30. The third-order valence-corrected chi connectivity index (χ3v) is 3.55. The zero-order valence-electron chi connectivity index (χ0n) is 5.62. The highest BCUT2D eigenvalue weighted by Crippen LogP contribution is 2.16. The van der Waals surface area contributed by atoms with Crippen LogP contribution in [-0.2, 0) is 0 Å². The lowest BCUT2D eigenvalue weighted by molar-refractivity contribution is 1.54. The number of thioether (sulfide) groups is 2. The van der Waals surface area contributed by atoms with E-state index in [1.54, 1.807) is 11.8 Å². The molecule has 0 aliphatic heterocycles. The van der Waals surface area contributed by atoms with Gasteiger partial charge in [0.25, 0.3) is 0 Å². The molecule has 0 bridgehead atoms. The van der Waals surface area contributed by atoms with Gasteiger partial charge in [0.15, 0.2) is 0 Å². The van der Waals surface area contributed by atoms with Crippen molar-refractivity contribution >= 4 is 56.5 Å². The number of rotatable bonds is 3. The summed E-state index contributed by atoms with van der Waals surface area (Å²) in [6, 6.07) is 0. The summed E-state index contributed by atoms with van der Waals surface area (Å²) >= 11 is 12.9. The molecule has 1 nitrogen and oxygen atoms in total. The van der Waals surface area contributed by atoms with Gasteiger partial charge < -0.3 is 5.73 Å². The van der Waals surface area contributed by atoms with Crippen LogP contribution in [-0.4, -0.2) is 20.0 Å². The lowest BCUT2D eigenvalue weighted by atomic mass is 10.8. The molecule has 0 unspecified atom stereocenters. The van der Waals surface area contributed by atoms with Crippen LogP contribution >= 0.6 is 48.0 Å². The average molecular weight is 211 g/mol. The van der Waals surface area contributed by atoms with Gasteiger partial charge in [-0.15, -0.1) is 23.5 Å². The molecule has 0 rings (SSSR count). The van der Waals surface area contributed by atoms with Crippen molar-refractivity contribution in [3.05, 3.63) is 0 Å². The standard InChI is InChI=1S/C5H9NS4/c1-2-9-5(8)10-3-4(6)7/h2-3H2,1H3,(H2,6,7). The molecule has 0 heterocycles. The van der Waals surface area contributed by atoms with Crippen LogP contribution in [0.2, 0.25) is 0 Å². The van der Waals surface area contributed by atoms with Gasteiger partial charge in [-0.05, 0) is 5.75 Å². The maximum atomic E-state index is 5.28. The van der Waals surface area contributed by atoms with E-state index in [9.17, 15) is 0 Å². The van der Waals surface area contributed by atoms with Gasteiger partial charge in [-0.1, -0.05) is 31.4 Å². The predicted octanol–water partition coefficient (Wildman–Crippen LogP) is 2.04. The van der Waals surface area contributed by atoms with E-state index in [-0.39, 0.29) is 0 Å². The smallest absolute Gasteiger partial charge is 0.104 e. The Labute approximate surface area is 80.5 Å². The largest absolute Gasteiger partial charge is 0.393 e. The molecule has 0 saturated heterocycles. The minimum atomic E-state index is 0.518. The lowest BCUT2D eigenvalue weighted by Gasteiger charge is -1.98. The second kappa shape index (κ2) is 6.39. The van der Waals surface area contributed by atoms with Crippen LogP contribution in [0.25, 0.3) is 0 Å². The fraction of sp³-hybridized carbons (Fsp3) is 0.600. The zero-order chi connectivity index (χ0) is 7.98. The van der Waals surface area contributed by atoms with Crippen LogP contribution in [0.1, 0.15) is 6.92 Å². The van der Waals surface area contributed by atoms with Crippen molar-refractivity contribution < 1.29 is 0 Å². The Morgan fingerprint density at radius 3 is 2.40 bits per heavy atom. The lowest BCUT2D eigenvalue weighted by Crippen LogP contribution is -2.11. The van der Waals surface area contributed by atoms with Crippen molar-refractivity contribution in [2.75, 3.05) is 11.5 Å². The molecule has 2 N–H and O–H groups in total. The quantitative estimate of drug-likeness (QED) is 0.721. The molecular weight excluding hydrogens is 202 g/mol. The number of thiocarbonyl (C=S) groups is 2. The zero-order valence-corrected chi connectivity index (χ0v) is 8.89. The van der Waals surface area contributed by atoms with E-state index in [1.807, 2.05) is 0 Å². The van der Waals surface area contributed by atoms with Crippen LogP contribution in [0.4, 0.5) is 0 Å². The fourth-order valence-electron chi connectivity index (χ4n) is 0.290. The van der Waals surface area contributed by atoms with Gasteiger partial charge in [-0.2, -0.15) is 0 Å². The molecule has 0 radical (unpaired) electrons. The van der Waals surface area contributed by atoms with Gasteiger partial charge in [0, 0.05) is 5.75 Å². The summed E-state index contributed by atoms with van der Waals surface area (Å²) in [5.74, 6) is 1.68. The first-order valence-corrected chi connectivity index (χ1v) is 5.53. The van der Waals surface area contributed by atoms with Crippen molar-refractivity contribution in [1.29, 1.82) is 0 Å². The Bertz CT molecular complexity index is 134. The summed E-state index contributed by atoms with van der Waals surface area (Å²) in [5, 5.41) is 0. The van der Waals surface area contributed by atoms with E-state index in [2.05, 4.69) is 19.1 Å².